The molecule has 1 aliphatic carbocycles. The molecule has 0 aromatic carbocycles. The SMILES string of the molecule is NCC1(C(=O)Nc2cnccn2)CCCC1. The Morgan fingerprint density at radius 2 is 2.19 bits per heavy atom. The normalized spacial score (nSPS) is 18.3. The van der Waals surface area contributed by atoms with Gasteiger partial charge in [-0.05, 0) is 12.8 Å². The van der Waals surface area contributed by atoms with Crippen LogP contribution in [0.25, 0.3) is 0 Å². The molecule has 1 amide bonds. The molecule has 0 atom stereocenters. The molecule has 1 saturated carbocycles. The van der Waals surface area contributed by atoms with Gasteiger partial charge in [-0.1, -0.05) is 12.8 Å². The van der Waals surface area contributed by atoms with Gasteiger partial charge in [-0.2, -0.15) is 0 Å². The second-order valence-corrected chi connectivity index (χ2v) is 4.24. The summed E-state index contributed by atoms with van der Waals surface area (Å²) in [4.78, 5) is 20.0. The van der Waals surface area contributed by atoms with Crippen LogP contribution in [0.2, 0.25) is 0 Å². The third-order valence-electron chi connectivity index (χ3n) is 3.24. The summed E-state index contributed by atoms with van der Waals surface area (Å²) in [6.45, 7) is 0.402. The van der Waals surface area contributed by atoms with Crippen LogP contribution >= 0.6 is 0 Å². The van der Waals surface area contributed by atoms with Crippen LogP contribution in [0.3, 0.4) is 0 Å². The molecule has 0 radical (unpaired) electrons. The van der Waals surface area contributed by atoms with E-state index in [1.54, 1.807) is 12.4 Å². The number of amides is 1. The zero-order chi connectivity index (χ0) is 11.4. The standard InChI is InChI=1S/C11H16N4O/c12-8-11(3-1-2-4-11)10(16)15-9-7-13-5-6-14-9/h5-7H,1-4,8,12H2,(H,14,15,16). The van der Waals surface area contributed by atoms with Gasteiger partial charge >= 0.3 is 0 Å². The highest BCUT2D eigenvalue weighted by molar-refractivity contribution is 5.94. The van der Waals surface area contributed by atoms with Gasteiger partial charge in [-0.25, -0.2) is 4.98 Å². The summed E-state index contributed by atoms with van der Waals surface area (Å²) in [5, 5.41) is 2.78. The molecule has 1 heterocycles. The molecule has 5 heteroatoms. The van der Waals surface area contributed by atoms with E-state index in [2.05, 4.69) is 15.3 Å². The molecular weight excluding hydrogens is 204 g/mol. The van der Waals surface area contributed by atoms with Gasteiger partial charge < -0.3 is 11.1 Å². The van der Waals surface area contributed by atoms with Gasteiger partial charge in [0.25, 0.3) is 0 Å². The van der Waals surface area contributed by atoms with Gasteiger partial charge in [0.1, 0.15) is 0 Å². The van der Waals surface area contributed by atoms with Crippen LogP contribution in [0.5, 0.6) is 0 Å². The molecule has 0 unspecified atom stereocenters. The number of nitrogens with one attached hydrogen (secondary N) is 1. The minimum absolute atomic E-state index is 0.0204. The molecule has 5 nitrogen and oxygen atoms in total. The first kappa shape index (κ1) is 11.0. The number of anilines is 1. The van der Waals surface area contributed by atoms with Gasteiger partial charge in [0.05, 0.1) is 11.6 Å². The van der Waals surface area contributed by atoms with E-state index >= 15 is 0 Å². The maximum atomic E-state index is 12.1. The quantitative estimate of drug-likeness (QED) is 0.794. The monoisotopic (exact) mass is 220 g/mol. The van der Waals surface area contributed by atoms with Crippen LogP contribution in [-0.2, 0) is 4.79 Å². The summed E-state index contributed by atoms with van der Waals surface area (Å²) >= 11 is 0. The lowest BCUT2D eigenvalue weighted by Crippen LogP contribution is -2.40. The van der Waals surface area contributed by atoms with Crippen LogP contribution in [-0.4, -0.2) is 22.4 Å². The van der Waals surface area contributed by atoms with E-state index in [1.165, 1.54) is 6.20 Å². The molecule has 1 aromatic heterocycles. The van der Waals surface area contributed by atoms with E-state index in [9.17, 15) is 4.79 Å². The molecule has 0 saturated heterocycles. The van der Waals surface area contributed by atoms with Crippen molar-refractivity contribution >= 4 is 11.7 Å². The van der Waals surface area contributed by atoms with Crippen molar-refractivity contribution in [2.24, 2.45) is 11.1 Å². The average Bonchev–Trinajstić information content (AvgIpc) is 2.80. The zero-order valence-corrected chi connectivity index (χ0v) is 9.15. The minimum Gasteiger partial charge on any atom is -0.329 e. The number of carbonyl (C=O) groups excluding carboxylic acids is 1. The Morgan fingerprint density at radius 3 is 2.75 bits per heavy atom. The second-order valence-electron chi connectivity index (χ2n) is 4.24. The van der Waals surface area contributed by atoms with Gasteiger partial charge in [-0.3, -0.25) is 9.78 Å². The van der Waals surface area contributed by atoms with E-state index < -0.39 is 5.41 Å². The van der Waals surface area contributed by atoms with E-state index in [4.69, 9.17) is 5.73 Å². The molecule has 0 aliphatic heterocycles. The van der Waals surface area contributed by atoms with Crippen molar-refractivity contribution in [1.29, 1.82) is 0 Å². The number of aromatic nitrogens is 2. The fraction of sp³-hybridized carbons (Fsp3) is 0.545. The fourth-order valence-corrected chi connectivity index (χ4v) is 2.19. The van der Waals surface area contributed by atoms with Crippen LogP contribution in [0.1, 0.15) is 25.7 Å². The Labute approximate surface area is 94.5 Å². The van der Waals surface area contributed by atoms with Crippen molar-refractivity contribution in [2.75, 3.05) is 11.9 Å². The first-order chi connectivity index (χ1) is 7.77. The molecule has 0 spiro atoms. The molecular formula is C11H16N4O. The smallest absolute Gasteiger partial charge is 0.233 e. The number of hydrogen-bond donors (Lipinski definition) is 2. The first-order valence-corrected chi connectivity index (χ1v) is 5.54. The van der Waals surface area contributed by atoms with Crippen molar-refractivity contribution in [1.82, 2.24) is 9.97 Å². The zero-order valence-electron chi connectivity index (χ0n) is 9.15. The Bertz CT molecular complexity index is 360. The molecule has 1 fully saturated rings. The van der Waals surface area contributed by atoms with Gasteiger partial charge in [0.2, 0.25) is 5.91 Å². The van der Waals surface area contributed by atoms with E-state index in [0.29, 0.717) is 12.4 Å². The average molecular weight is 220 g/mol. The molecule has 0 bridgehead atoms. The lowest BCUT2D eigenvalue weighted by Gasteiger charge is -2.25. The minimum atomic E-state index is -0.391. The Hall–Kier alpha value is -1.49. The van der Waals surface area contributed by atoms with E-state index in [1.807, 2.05) is 0 Å². The highest BCUT2D eigenvalue weighted by atomic mass is 16.2. The summed E-state index contributed by atoms with van der Waals surface area (Å²) < 4.78 is 0. The predicted octanol–water partition coefficient (Wildman–Crippen LogP) is 0.934. The van der Waals surface area contributed by atoms with Crippen LogP contribution in [0.15, 0.2) is 18.6 Å². The van der Waals surface area contributed by atoms with Crippen molar-refractivity contribution in [3.8, 4) is 0 Å². The Morgan fingerprint density at radius 1 is 1.44 bits per heavy atom. The van der Waals surface area contributed by atoms with Crippen molar-refractivity contribution < 1.29 is 4.79 Å². The highest BCUT2D eigenvalue weighted by Gasteiger charge is 2.39. The Balaban J connectivity index is 2.07. The van der Waals surface area contributed by atoms with Gasteiger partial charge in [0, 0.05) is 18.9 Å². The van der Waals surface area contributed by atoms with Gasteiger partial charge in [0.15, 0.2) is 5.82 Å². The molecule has 86 valence electrons. The fourth-order valence-electron chi connectivity index (χ4n) is 2.19. The number of carbonyl (C=O) groups is 1. The predicted molar refractivity (Wildman–Crippen MR) is 60.6 cm³/mol. The lowest BCUT2D eigenvalue weighted by atomic mass is 9.85. The Kier molecular flexibility index (Phi) is 3.14. The topological polar surface area (TPSA) is 80.9 Å². The van der Waals surface area contributed by atoms with Crippen LogP contribution in [0, 0.1) is 5.41 Å². The third-order valence-corrected chi connectivity index (χ3v) is 3.24. The number of rotatable bonds is 3. The maximum Gasteiger partial charge on any atom is 0.233 e. The summed E-state index contributed by atoms with van der Waals surface area (Å²) in [5.74, 6) is 0.472. The summed E-state index contributed by atoms with van der Waals surface area (Å²) in [6.07, 6.45) is 8.56. The van der Waals surface area contributed by atoms with E-state index in [-0.39, 0.29) is 5.91 Å². The second kappa shape index (κ2) is 4.57. The maximum absolute atomic E-state index is 12.1. The van der Waals surface area contributed by atoms with Gasteiger partial charge in [-0.15, -0.1) is 0 Å². The lowest BCUT2D eigenvalue weighted by molar-refractivity contribution is -0.124. The van der Waals surface area contributed by atoms with Crippen molar-refractivity contribution in [3.63, 3.8) is 0 Å². The summed E-state index contributed by atoms with van der Waals surface area (Å²) in [7, 11) is 0. The molecule has 1 aliphatic rings. The third kappa shape index (κ3) is 2.04. The summed E-state index contributed by atoms with van der Waals surface area (Å²) in [5.41, 5.74) is 5.34. The molecule has 16 heavy (non-hydrogen) atoms. The number of nitrogens with two attached hydrogens (primary N) is 1. The summed E-state index contributed by atoms with van der Waals surface area (Å²) in [6, 6.07) is 0. The van der Waals surface area contributed by atoms with E-state index in [0.717, 1.165) is 25.7 Å². The largest absolute Gasteiger partial charge is 0.329 e. The molecule has 3 N–H and O–H groups in total. The number of hydrogen-bond acceptors (Lipinski definition) is 4. The van der Waals surface area contributed by atoms with Crippen molar-refractivity contribution in [3.05, 3.63) is 18.6 Å². The highest BCUT2D eigenvalue weighted by Crippen LogP contribution is 2.37. The van der Waals surface area contributed by atoms with Crippen molar-refractivity contribution in [2.45, 2.75) is 25.7 Å². The number of nitrogens with zero attached hydrogens (tertiary/aromatic N) is 2. The molecule has 1 aromatic rings. The van der Waals surface area contributed by atoms with Crippen LogP contribution in [0.4, 0.5) is 5.82 Å². The van der Waals surface area contributed by atoms with Crippen LogP contribution < -0.4 is 11.1 Å². The first-order valence-electron chi connectivity index (χ1n) is 5.54. The molecule has 2 rings (SSSR count).